The van der Waals surface area contributed by atoms with E-state index in [0.717, 1.165) is 16.9 Å². The van der Waals surface area contributed by atoms with Gasteiger partial charge in [0.15, 0.2) is 11.0 Å². The van der Waals surface area contributed by atoms with Gasteiger partial charge in [-0.15, -0.1) is 10.2 Å². The van der Waals surface area contributed by atoms with Gasteiger partial charge >= 0.3 is 0 Å². The minimum absolute atomic E-state index is 0.122. The average molecular weight is 374 g/mol. The number of hydrogen-bond acceptors (Lipinski definition) is 5. The molecule has 3 rings (SSSR count). The Hall–Kier alpha value is -2.61. The molecule has 0 radical (unpaired) electrons. The molecule has 0 aliphatic carbocycles. The summed E-state index contributed by atoms with van der Waals surface area (Å²) in [4.78, 5) is 12.3. The van der Waals surface area contributed by atoms with Crippen molar-refractivity contribution in [2.24, 2.45) is 7.05 Å². The molecule has 2 aromatic heterocycles. The van der Waals surface area contributed by atoms with Crippen LogP contribution in [0, 0.1) is 12.7 Å². The number of carbonyl (C=O) groups is 1. The number of aromatic nitrogens is 3. The van der Waals surface area contributed by atoms with E-state index >= 15 is 0 Å². The van der Waals surface area contributed by atoms with Gasteiger partial charge in [-0.3, -0.25) is 4.79 Å². The van der Waals surface area contributed by atoms with Crippen LogP contribution in [0.2, 0.25) is 0 Å². The van der Waals surface area contributed by atoms with Crippen molar-refractivity contribution in [2.75, 3.05) is 0 Å². The molecule has 0 unspecified atom stereocenters. The van der Waals surface area contributed by atoms with Crippen molar-refractivity contribution in [3.8, 4) is 11.4 Å². The largest absolute Gasteiger partial charge is 0.469 e. The number of aryl methyl sites for hydroxylation is 1. The fraction of sp³-hybridized carbons (Fsp3) is 0.278. The highest BCUT2D eigenvalue weighted by atomic mass is 32.2. The molecular formula is C18H19FN4O2S. The first kappa shape index (κ1) is 18.2. The van der Waals surface area contributed by atoms with E-state index in [9.17, 15) is 9.18 Å². The van der Waals surface area contributed by atoms with Crippen molar-refractivity contribution in [2.45, 2.75) is 30.8 Å². The Morgan fingerprint density at radius 3 is 2.69 bits per heavy atom. The fourth-order valence-electron chi connectivity index (χ4n) is 2.42. The van der Waals surface area contributed by atoms with E-state index in [-0.39, 0.29) is 17.0 Å². The first-order valence-electron chi connectivity index (χ1n) is 8.08. The summed E-state index contributed by atoms with van der Waals surface area (Å²) in [6.07, 6.45) is 1.61. The SMILES string of the molecule is Cc1occc1-c1nnc(S[C@H](C)C(=O)NCc2ccc(F)cc2)n1C. The van der Waals surface area contributed by atoms with Gasteiger partial charge in [-0.1, -0.05) is 23.9 Å². The highest BCUT2D eigenvalue weighted by Gasteiger charge is 2.20. The van der Waals surface area contributed by atoms with Crippen LogP contribution < -0.4 is 5.32 Å². The van der Waals surface area contributed by atoms with E-state index in [0.29, 0.717) is 17.5 Å². The van der Waals surface area contributed by atoms with Crippen molar-refractivity contribution >= 4 is 17.7 Å². The Kier molecular flexibility index (Phi) is 5.41. The second-order valence-corrected chi connectivity index (χ2v) is 7.17. The monoisotopic (exact) mass is 374 g/mol. The molecule has 0 aliphatic rings. The average Bonchev–Trinajstić information content (AvgIpc) is 3.20. The van der Waals surface area contributed by atoms with Gasteiger partial charge in [-0.25, -0.2) is 4.39 Å². The van der Waals surface area contributed by atoms with E-state index in [1.54, 1.807) is 18.4 Å². The van der Waals surface area contributed by atoms with E-state index in [1.165, 1.54) is 23.9 Å². The molecule has 0 fully saturated rings. The molecule has 1 amide bonds. The highest BCUT2D eigenvalue weighted by Crippen LogP contribution is 2.27. The minimum Gasteiger partial charge on any atom is -0.469 e. The normalized spacial score (nSPS) is 12.2. The van der Waals surface area contributed by atoms with Crippen molar-refractivity contribution in [3.05, 3.63) is 53.7 Å². The van der Waals surface area contributed by atoms with E-state index in [1.807, 2.05) is 31.5 Å². The Labute approximate surface area is 154 Å². The standard InChI is InChI=1S/C18H19FN4O2S/c1-11-15(8-9-25-11)16-21-22-18(23(16)3)26-12(2)17(24)20-10-13-4-6-14(19)7-5-13/h4-9,12H,10H2,1-3H3,(H,20,24)/t12-/m1/s1. The molecule has 8 heteroatoms. The predicted octanol–water partition coefficient (Wildman–Crippen LogP) is 3.32. The van der Waals surface area contributed by atoms with Gasteiger partial charge in [-0.2, -0.15) is 0 Å². The van der Waals surface area contributed by atoms with Gasteiger partial charge in [-0.05, 0) is 37.6 Å². The number of furan rings is 1. The van der Waals surface area contributed by atoms with Gasteiger partial charge < -0.3 is 14.3 Å². The van der Waals surface area contributed by atoms with E-state index < -0.39 is 0 Å². The zero-order valence-electron chi connectivity index (χ0n) is 14.7. The molecule has 0 saturated carbocycles. The zero-order chi connectivity index (χ0) is 18.7. The Morgan fingerprint density at radius 2 is 2.04 bits per heavy atom. The summed E-state index contributed by atoms with van der Waals surface area (Å²) in [6, 6.07) is 7.88. The molecule has 6 nitrogen and oxygen atoms in total. The van der Waals surface area contributed by atoms with Crippen LogP contribution in [0.25, 0.3) is 11.4 Å². The number of thioether (sulfide) groups is 1. The summed E-state index contributed by atoms with van der Waals surface area (Å²) in [6.45, 7) is 4.02. The van der Waals surface area contributed by atoms with Crippen molar-refractivity contribution in [3.63, 3.8) is 0 Å². The molecule has 2 heterocycles. The summed E-state index contributed by atoms with van der Waals surface area (Å²) in [5.74, 6) is 1.04. The van der Waals surface area contributed by atoms with Gasteiger partial charge in [0.1, 0.15) is 11.6 Å². The number of nitrogens with one attached hydrogen (secondary N) is 1. The maximum atomic E-state index is 12.9. The quantitative estimate of drug-likeness (QED) is 0.670. The third-order valence-corrected chi connectivity index (χ3v) is 5.10. The molecular weight excluding hydrogens is 355 g/mol. The predicted molar refractivity (Wildman–Crippen MR) is 97.0 cm³/mol. The highest BCUT2D eigenvalue weighted by molar-refractivity contribution is 8.00. The maximum Gasteiger partial charge on any atom is 0.233 e. The number of hydrogen-bond donors (Lipinski definition) is 1. The molecule has 0 aliphatic heterocycles. The molecule has 3 aromatic rings. The summed E-state index contributed by atoms with van der Waals surface area (Å²) < 4.78 is 20.1. The van der Waals surface area contributed by atoms with Crippen LogP contribution in [0.1, 0.15) is 18.2 Å². The van der Waals surface area contributed by atoms with Gasteiger partial charge in [0.25, 0.3) is 0 Å². The Bertz CT molecular complexity index is 904. The molecule has 136 valence electrons. The topological polar surface area (TPSA) is 72.9 Å². The lowest BCUT2D eigenvalue weighted by molar-refractivity contribution is -0.120. The number of amides is 1. The lowest BCUT2D eigenvalue weighted by atomic mass is 10.2. The molecule has 1 N–H and O–H groups in total. The van der Waals surface area contributed by atoms with Gasteiger partial charge in [0.2, 0.25) is 5.91 Å². The second kappa shape index (κ2) is 7.74. The molecule has 0 saturated heterocycles. The Morgan fingerprint density at radius 1 is 1.31 bits per heavy atom. The number of benzene rings is 1. The number of nitrogens with zero attached hydrogens (tertiary/aromatic N) is 3. The van der Waals surface area contributed by atoms with E-state index in [4.69, 9.17) is 4.42 Å². The van der Waals surface area contributed by atoms with Crippen LogP contribution >= 0.6 is 11.8 Å². The van der Waals surface area contributed by atoms with Crippen molar-refractivity contribution in [1.82, 2.24) is 20.1 Å². The molecule has 1 atom stereocenters. The van der Waals surface area contributed by atoms with Crippen LogP contribution in [0.4, 0.5) is 4.39 Å². The van der Waals surface area contributed by atoms with Crippen LogP contribution in [0.3, 0.4) is 0 Å². The van der Waals surface area contributed by atoms with Crippen molar-refractivity contribution < 1.29 is 13.6 Å². The Balaban J connectivity index is 1.61. The van der Waals surface area contributed by atoms with Crippen LogP contribution in [-0.2, 0) is 18.4 Å². The smallest absolute Gasteiger partial charge is 0.233 e. The van der Waals surface area contributed by atoms with Gasteiger partial charge in [0, 0.05) is 13.6 Å². The fourth-order valence-corrected chi connectivity index (χ4v) is 3.25. The molecule has 0 spiro atoms. The summed E-state index contributed by atoms with van der Waals surface area (Å²) >= 11 is 1.33. The zero-order valence-corrected chi connectivity index (χ0v) is 15.5. The van der Waals surface area contributed by atoms with Crippen LogP contribution in [-0.4, -0.2) is 25.9 Å². The third kappa shape index (κ3) is 3.96. The number of rotatable bonds is 6. The lowest BCUT2D eigenvalue weighted by Gasteiger charge is -2.11. The molecule has 26 heavy (non-hydrogen) atoms. The van der Waals surface area contributed by atoms with Crippen LogP contribution in [0.15, 0.2) is 46.2 Å². The number of halogens is 1. The summed E-state index contributed by atoms with van der Waals surface area (Å²) in [5.41, 5.74) is 1.72. The number of carbonyl (C=O) groups excluding carboxylic acids is 1. The molecule has 1 aromatic carbocycles. The maximum absolute atomic E-state index is 12.9. The van der Waals surface area contributed by atoms with Crippen LogP contribution in [0.5, 0.6) is 0 Å². The van der Waals surface area contributed by atoms with Gasteiger partial charge in [0.05, 0.1) is 17.1 Å². The minimum atomic E-state index is -0.350. The lowest BCUT2D eigenvalue weighted by Crippen LogP contribution is -2.30. The van der Waals surface area contributed by atoms with E-state index in [2.05, 4.69) is 15.5 Å². The molecule has 0 bridgehead atoms. The summed E-state index contributed by atoms with van der Waals surface area (Å²) in [7, 11) is 1.85. The third-order valence-electron chi connectivity index (χ3n) is 3.97. The first-order chi connectivity index (χ1) is 12.5. The van der Waals surface area contributed by atoms with Crippen molar-refractivity contribution in [1.29, 1.82) is 0 Å². The summed E-state index contributed by atoms with van der Waals surface area (Å²) in [5, 5.41) is 11.5. The first-order valence-corrected chi connectivity index (χ1v) is 8.96. The second-order valence-electron chi connectivity index (χ2n) is 5.86.